The van der Waals surface area contributed by atoms with Gasteiger partial charge in [-0.05, 0) is 18.8 Å². The van der Waals surface area contributed by atoms with Gasteiger partial charge in [-0.1, -0.05) is 11.6 Å². The molecular formula is C16H16ClN3O3S. The maximum absolute atomic E-state index is 12.6. The minimum Gasteiger partial charge on any atom is -0.492 e. The van der Waals surface area contributed by atoms with Crippen LogP contribution in [0, 0.1) is 5.92 Å². The molecule has 2 aromatic rings. The zero-order valence-corrected chi connectivity index (χ0v) is 14.4. The highest BCUT2D eigenvalue weighted by Gasteiger charge is 2.44. The van der Waals surface area contributed by atoms with Gasteiger partial charge >= 0.3 is 0 Å². The quantitative estimate of drug-likeness (QED) is 0.851. The summed E-state index contributed by atoms with van der Waals surface area (Å²) in [6.07, 6.45) is 5.54. The lowest BCUT2D eigenvalue weighted by Crippen LogP contribution is -2.59. The highest BCUT2D eigenvalue weighted by atomic mass is 35.5. The van der Waals surface area contributed by atoms with Crippen LogP contribution in [0.15, 0.2) is 23.8 Å². The van der Waals surface area contributed by atoms with Crippen LogP contribution in [0.3, 0.4) is 0 Å². The molecule has 1 saturated heterocycles. The molecule has 0 radical (unpaired) electrons. The SMILES string of the molecule is O=C(NC1(c2nccs2)COC1)c1cc(OCC2CC2)c(Cl)cn1. The van der Waals surface area contributed by atoms with Crippen LogP contribution in [-0.4, -0.2) is 35.7 Å². The van der Waals surface area contributed by atoms with E-state index in [1.807, 2.05) is 5.38 Å². The van der Waals surface area contributed by atoms with Crippen LogP contribution in [0.5, 0.6) is 5.75 Å². The number of thiazole rings is 1. The number of aromatic nitrogens is 2. The Morgan fingerprint density at radius 2 is 2.29 bits per heavy atom. The van der Waals surface area contributed by atoms with E-state index in [9.17, 15) is 4.79 Å². The van der Waals surface area contributed by atoms with Gasteiger partial charge in [0.05, 0.1) is 26.0 Å². The third kappa shape index (κ3) is 3.11. The van der Waals surface area contributed by atoms with Crippen molar-refractivity contribution in [1.29, 1.82) is 0 Å². The van der Waals surface area contributed by atoms with Gasteiger partial charge in [-0.15, -0.1) is 11.3 Å². The molecule has 1 amide bonds. The van der Waals surface area contributed by atoms with Crippen LogP contribution < -0.4 is 10.1 Å². The summed E-state index contributed by atoms with van der Waals surface area (Å²) in [5, 5.41) is 6.12. The fourth-order valence-corrected chi connectivity index (χ4v) is 3.37. The Morgan fingerprint density at radius 3 is 2.92 bits per heavy atom. The van der Waals surface area contributed by atoms with Crippen molar-refractivity contribution in [3.8, 4) is 5.75 Å². The Hall–Kier alpha value is -1.70. The zero-order chi connectivity index (χ0) is 16.6. The smallest absolute Gasteiger partial charge is 0.270 e. The van der Waals surface area contributed by atoms with Gasteiger partial charge in [0.15, 0.2) is 0 Å². The molecule has 0 aromatic carbocycles. The van der Waals surface area contributed by atoms with E-state index in [4.69, 9.17) is 21.1 Å². The van der Waals surface area contributed by atoms with Crippen molar-refractivity contribution in [3.63, 3.8) is 0 Å². The topological polar surface area (TPSA) is 73.3 Å². The van der Waals surface area contributed by atoms with E-state index in [-0.39, 0.29) is 11.6 Å². The molecule has 2 fully saturated rings. The molecule has 1 aliphatic heterocycles. The number of carbonyl (C=O) groups excluding carboxylic acids is 1. The molecule has 0 spiro atoms. The lowest BCUT2D eigenvalue weighted by molar-refractivity contribution is -0.0735. The normalized spacial score (nSPS) is 18.7. The van der Waals surface area contributed by atoms with Crippen LogP contribution in [0.4, 0.5) is 0 Å². The summed E-state index contributed by atoms with van der Waals surface area (Å²) in [6.45, 7) is 1.44. The van der Waals surface area contributed by atoms with E-state index in [0.29, 0.717) is 36.5 Å². The Bertz CT molecular complexity index is 745. The summed E-state index contributed by atoms with van der Waals surface area (Å²) in [7, 11) is 0. The number of nitrogens with one attached hydrogen (secondary N) is 1. The molecular weight excluding hydrogens is 350 g/mol. The minimum absolute atomic E-state index is 0.271. The van der Waals surface area contributed by atoms with E-state index < -0.39 is 5.54 Å². The average Bonchev–Trinajstić information content (AvgIpc) is 3.21. The van der Waals surface area contributed by atoms with Crippen molar-refractivity contribution in [2.24, 2.45) is 5.92 Å². The van der Waals surface area contributed by atoms with Crippen molar-refractivity contribution in [3.05, 3.63) is 39.6 Å². The van der Waals surface area contributed by atoms with Gasteiger partial charge in [0.2, 0.25) is 0 Å². The van der Waals surface area contributed by atoms with E-state index in [0.717, 1.165) is 5.01 Å². The lowest BCUT2D eigenvalue weighted by atomic mass is 9.98. The third-order valence-electron chi connectivity index (χ3n) is 4.12. The summed E-state index contributed by atoms with van der Waals surface area (Å²) in [4.78, 5) is 21.0. The van der Waals surface area contributed by atoms with Gasteiger partial charge < -0.3 is 14.8 Å². The molecule has 2 aromatic heterocycles. The standard InChI is InChI=1S/C16H16ClN3O3S/c17-11-6-19-12(5-13(11)23-7-10-1-2-10)14(21)20-16(8-22-9-16)15-18-3-4-24-15/h3-6,10H,1-2,7-9H2,(H,20,21). The molecule has 8 heteroatoms. The lowest BCUT2D eigenvalue weighted by Gasteiger charge is -2.40. The summed E-state index contributed by atoms with van der Waals surface area (Å²) in [5.41, 5.74) is -0.297. The van der Waals surface area contributed by atoms with E-state index >= 15 is 0 Å². The summed E-state index contributed by atoms with van der Waals surface area (Å²) in [5.74, 6) is 0.810. The zero-order valence-electron chi connectivity index (χ0n) is 12.8. The summed E-state index contributed by atoms with van der Waals surface area (Å²) in [6, 6.07) is 1.59. The van der Waals surface area contributed by atoms with Crippen molar-refractivity contribution >= 4 is 28.8 Å². The first-order valence-electron chi connectivity index (χ1n) is 7.75. The second-order valence-electron chi connectivity index (χ2n) is 6.12. The Kier molecular flexibility index (Phi) is 4.15. The van der Waals surface area contributed by atoms with Crippen LogP contribution in [0.2, 0.25) is 5.02 Å². The predicted molar refractivity (Wildman–Crippen MR) is 89.5 cm³/mol. The third-order valence-corrected chi connectivity index (χ3v) is 5.38. The number of rotatable bonds is 6. The first-order chi connectivity index (χ1) is 11.7. The fourth-order valence-electron chi connectivity index (χ4n) is 2.44. The molecule has 0 atom stereocenters. The first-order valence-corrected chi connectivity index (χ1v) is 9.01. The van der Waals surface area contributed by atoms with Gasteiger partial charge in [0.25, 0.3) is 5.91 Å². The van der Waals surface area contributed by atoms with Crippen molar-refractivity contribution in [2.45, 2.75) is 18.4 Å². The van der Waals surface area contributed by atoms with Crippen LogP contribution in [0.1, 0.15) is 28.3 Å². The number of ether oxygens (including phenoxy) is 2. The van der Waals surface area contributed by atoms with Gasteiger partial charge in [0, 0.05) is 17.6 Å². The number of halogens is 1. The molecule has 126 valence electrons. The number of pyridine rings is 1. The van der Waals surface area contributed by atoms with E-state index in [2.05, 4.69) is 15.3 Å². The second kappa shape index (κ2) is 6.31. The first kappa shape index (κ1) is 15.8. The van der Waals surface area contributed by atoms with Crippen molar-refractivity contribution < 1.29 is 14.3 Å². The van der Waals surface area contributed by atoms with Gasteiger partial charge in [-0.25, -0.2) is 9.97 Å². The van der Waals surface area contributed by atoms with Gasteiger partial charge in [-0.3, -0.25) is 4.79 Å². The Labute approximate surface area is 148 Å². The highest BCUT2D eigenvalue weighted by molar-refractivity contribution is 7.09. The van der Waals surface area contributed by atoms with Gasteiger partial charge in [-0.2, -0.15) is 0 Å². The number of hydrogen-bond acceptors (Lipinski definition) is 6. The molecule has 6 nitrogen and oxygen atoms in total. The van der Waals surface area contributed by atoms with Crippen LogP contribution in [0.25, 0.3) is 0 Å². The van der Waals surface area contributed by atoms with Crippen molar-refractivity contribution in [1.82, 2.24) is 15.3 Å². The molecule has 24 heavy (non-hydrogen) atoms. The minimum atomic E-state index is -0.568. The number of carbonyl (C=O) groups is 1. The molecule has 3 heterocycles. The monoisotopic (exact) mass is 365 g/mol. The maximum Gasteiger partial charge on any atom is 0.270 e. The molecule has 2 aliphatic rings. The second-order valence-corrected chi connectivity index (χ2v) is 7.42. The van der Waals surface area contributed by atoms with Crippen LogP contribution >= 0.6 is 22.9 Å². The Morgan fingerprint density at radius 1 is 1.46 bits per heavy atom. The molecule has 0 unspecified atom stereocenters. The van der Waals surface area contributed by atoms with Gasteiger partial charge in [0.1, 0.15) is 27.0 Å². The number of hydrogen-bond donors (Lipinski definition) is 1. The largest absolute Gasteiger partial charge is 0.492 e. The fraction of sp³-hybridized carbons (Fsp3) is 0.438. The summed E-state index contributed by atoms with van der Waals surface area (Å²) < 4.78 is 11.0. The average molecular weight is 366 g/mol. The Balaban J connectivity index is 1.50. The van der Waals surface area contributed by atoms with Crippen molar-refractivity contribution in [2.75, 3.05) is 19.8 Å². The number of amides is 1. The molecule has 1 saturated carbocycles. The maximum atomic E-state index is 12.6. The predicted octanol–water partition coefficient (Wildman–Crippen LogP) is 2.64. The van der Waals surface area contributed by atoms with E-state index in [1.54, 1.807) is 12.3 Å². The van der Waals surface area contributed by atoms with Crippen LogP contribution in [-0.2, 0) is 10.3 Å². The molecule has 4 rings (SSSR count). The molecule has 1 N–H and O–H groups in total. The molecule has 1 aliphatic carbocycles. The highest BCUT2D eigenvalue weighted by Crippen LogP contribution is 2.33. The molecule has 0 bridgehead atoms. The van der Waals surface area contributed by atoms with E-state index in [1.165, 1.54) is 30.4 Å². The number of nitrogens with zero attached hydrogens (tertiary/aromatic N) is 2. The summed E-state index contributed by atoms with van der Waals surface area (Å²) >= 11 is 7.60.